The summed E-state index contributed by atoms with van der Waals surface area (Å²) in [5.41, 5.74) is 1.83. The van der Waals surface area contributed by atoms with Gasteiger partial charge >= 0.3 is 0 Å². The molecule has 0 bridgehead atoms. The molecule has 1 heterocycles. The minimum absolute atomic E-state index is 0. The topological polar surface area (TPSA) is 54.2 Å². The highest BCUT2D eigenvalue weighted by molar-refractivity contribution is 14.0. The van der Waals surface area contributed by atoms with Crippen molar-refractivity contribution in [2.45, 2.75) is 31.8 Å². The SMILES string of the molecule is CCNC(=NCc1ccnn1C)NC1CC1c1ccccc1F.I. The number of hydrogen-bond donors (Lipinski definition) is 2. The van der Waals surface area contributed by atoms with Crippen molar-refractivity contribution in [2.75, 3.05) is 6.54 Å². The molecule has 0 spiro atoms. The molecule has 1 aliphatic rings. The maximum Gasteiger partial charge on any atom is 0.191 e. The fourth-order valence-electron chi connectivity index (χ4n) is 2.69. The average molecular weight is 443 g/mol. The second-order valence-electron chi connectivity index (χ2n) is 5.76. The summed E-state index contributed by atoms with van der Waals surface area (Å²) >= 11 is 0. The van der Waals surface area contributed by atoms with Gasteiger partial charge in [0.15, 0.2) is 5.96 Å². The number of halogens is 2. The summed E-state index contributed by atoms with van der Waals surface area (Å²) in [6.07, 6.45) is 2.69. The van der Waals surface area contributed by atoms with Gasteiger partial charge in [-0.15, -0.1) is 24.0 Å². The van der Waals surface area contributed by atoms with Gasteiger partial charge in [-0.3, -0.25) is 4.68 Å². The van der Waals surface area contributed by atoms with Crippen LogP contribution in [0.2, 0.25) is 0 Å². The van der Waals surface area contributed by atoms with Gasteiger partial charge in [0.1, 0.15) is 5.82 Å². The van der Waals surface area contributed by atoms with E-state index in [1.165, 1.54) is 6.07 Å². The first-order valence-corrected chi connectivity index (χ1v) is 7.95. The molecule has 0 amide bonds. The van der Waals surface area contributed by atoms with Crippen LogP contribution >= 0.6 is 24.0 Å². The minimum Gasteiger partial charge on any atom is -0.357 e. The van der Waals surface area contributed by atoms with Crippen LogP contribution in [0.5, 0.6) is 0 Å². The molecule has 0 aliphatic heterocycles. The van der Waals surface area contributed by atoms with E-state index in [4.69, 9.17) is 0 Å². The van der Waals surface area contributed by atoms with Crippen LogP contribution in [0.25, 0.3) is 0 Å². The number of rotatable bonds is 5. The van der Waals surface area contributed by atoms with Crippen molar-refractivity contribution in [2.24, 2.45) is 12.0 Å². The van der Waals surface area contributed by atoms with Crippen molar-refractivity contribution in [3.8, 4) is 0 Å². The maximum atomic E-state index is 13.8. The van der Waals surface area contributed by atoms with Gasteiger partial charge < -0.3 is 10.6 Å². The molecule has 1 aromatic heterocycles. The Bertz CT molecular complexity index is 700. The molecular weight excluding hydrogens is 420 g/mol. The molecule has 7 heteroatoms. The first kappa shape index (κ1) is 18.7. The standard InChI is InChI=1S/C17H22FN5.HI/c1-3-19-17(20-11-12-8-9-21-23(12)2)22-16-10-14(16)13-6-4-5-7-15(13)18;/h4-9,14,16H,3,10-11H2,1-2H3,(H2,19,20,22);1H. The minimum atomic E-state index is -0.126. The summed E-state index contributed by atoms with van der Waals surface area (Å²) in [5.74, 6) is 0.855. The Morgan fingerprint density at radius 2 is 2.17 bits per heavy atom. The van der Waals surface area contributed by atoms with Gasteiger partial charge in [0.2, 0.25) is 0 Å². The van der Waals surface area contributed by atoms with E-state index >= 15 is 0 Å². The molecule has 5 nitrogen and oxygen atoms in total. The number of aromatic nitrogens is 2. The number of aliphatic imine (C=N–C) groups is 1. The number of nitrogens with one attached hydrogen (secondary N) is 2. The van der Waals surface area contributed by atoms with Crippen LogP contribution in [0, 0.1) is 5.82 Å². The zero-order valence-electron chi connectivity index (χ0n) is 13.9. The van der Waals surface area contributed by atoms with E-state index in [1.807, 2.05) is 36.9 Å². The molecule has 1 saturated carbocycles. The Morgan fingerprint density at radius 3 is 2.83 bits per heavy atom. The van der Waals surface area contributed by atoms with Crippen molar-refractivity contribution >= 4 is 29.9 Å². The molecule has 24 heavy (non-hydrogen) atoms. The van der Waals surface area contributed by atoms with Crippen LogP contribution in [0.1, 0.15) is 30.5 Å². The van der Waals surface area contributed by atoms with Crippen LogP contribution in [-0.2, 0) is 13.6 Å². The quantitative estimate of drug-likeness (QED) is 0.425. The zero-order chi connectivity index (χ0) is 16.2. The van der Waals surface area contributed by atoms with Crippen LogP contribution < -0.4 is 10.6 Å². The third-order valence-corrected chi connectivity index (χ3v) is 4.08. The number of benzene rings is 1. The monoisotopic (exact) mass is 443 g/mol. The summed E-state index contributed by atoms with van der Waals surface area (Å²) in [6, 6.07) is 9.18. The summed E-state index contributed by atoms with van der Waals surface area (Å²) in [4.78, 5) is 4.59. The van der Waals surface area contributed by atoms with Gasteiger partial charge in [-0.25, -0.2) is 9.38 Å². The second-order valence-corrected chi connectivity index (χ2v) is 5.76. The fraction of sp³-hybridized carbons (Fsp3) is 0.412. The summed E-state index contributed by atoms with van der Waals surface area (Å²) in [5, 5.41) is 10.8. The Labute approximate surface area is 158 Å². The van der Waals surface area contributed by atoms with Crippen molar-refractivity contribution < 1.29 is 4.39 Å². The largest absolute Gasteiger partial charge is 0.357 e. The van der Waals surface area contributed by atoms with E-state index in [0.29, 0.717) is 6.54 Å². The summed E-state index contributed by atoms with van der Waals surface area (Å²) in [7, 11) is 1.90. The van der Waals surface area contributed by atoms with Gasteiger partial charge in [0.25, 0.3) is 0 Å². The lowest BCUT2D eigenvalue weighted by molar-refractivity contribution is 0.607. The molecule has 2 atom stereocenters. The maximum absolute atomic E-state index is 13.8. The molecule has 130 valence electrons. The van der Waals surface area contributed by atoms with Gasteiger partial charge in [0, 0.05) is 31.7 Å². The van der Waals surface area contributed by atoms with Gasteiger partial charge in [-0.1, -0.05) is 18.2 Å². The Hall–Kier alpha value is -1.64. The molecule has 0 saturated heterocycles. The molecule has 2 aromatic rings. The summed E-state index contributed by atoms with van der Waals surface area (Å²) in [6.45, 7) is 3.37. The molecule has 2 N–H and O–H groups in total. The zero-order valence-corrected chi connectivity index (χ0v) is 16.2. The molecule has 1 fully saturated rings. The number of aryl methyl sites for hydroxylation is 1. The van der Waals surface area contributed by atoms with Crippen LogP contribution in [-0.4, -0.2) is 28.3 Å². The van der Waals surface area contributed by atoms with E-state index in [9.17, 15) is 4.39 Å². The number of guanidine groups is 1. The predicted octanol–water partition coefficient (Wildman–Crippen LogP) is 2.79. The third kappa shape index (κ3) is 4.46. The third-order valence-electron chi connectivity index (χ3n) is 4.08. The average Bonchev–Trinajstić information content (AvgIpc) is 3.17. The van der Waals surface area contributed by atoms with Crippen LogP contribution in [0.4, 0.5) is 4.39 Å². The Balaban J connectivity index is 0.00000208. The lowest BCUT2D eigenvalue weighted by atomic mass is 10.1. The molecule has 2 unspecified atom stereocenters. The fourth-order valence-corrected chi connectivity index (χ4v) is 2.69. The van der Waals surface area contributed by atoms with E-state index in [0.717, 1.165) is 30.2 Å². The second kappa shape index (κ2) is 8.46. The van der Waals surface area contributed by atoms with E-state index in [2.05, 4.69) is 20.7 Å². The normalized spacial score (nSPS) is 19.5. The lowest BCUT2D eigenvalue weighted by Crippen LogP contribution is -2.39. The first-order valence-electron chi connectivity index (χ1n) is 7.95. The van der Waals surface area contributed by atoms with Gasteiger partial charge in [-0.2, -0.15) is 5.10 Å². The van der Waals surface area contributed by atoms with E-state index in [1.54, 1.807) is 12.3 Å². The highest BCUT2D eigenvalue weighted by atomic mass is 127. The Morgan fingerprint density at radius 1 is 1.38 bits per heavy atom. The van der Waals surface area contributed by atoms with Crippen molar-refractivity contribution in [1.82, 2.24) is 20.4 Å². The van der Waals surface area contributed by atoms with Gasteiger partial charge in [0.05, 0.1) is 12.2 Å². The van der Waals surface area contributed by atoms with Crippen molar-refractivity contribution in [1.29, 1.82) is 0 Å². The van der Waals surface area contributed by atoms with Crippen molar-refractivity contribution in [3.63, 3.8) is 0 Å². The number of nitrogens with zero attached hydrogens (tertiary/aromatic N) is 3. The smallest absolute Gasteiger partial charge is 0.191 e. The van der Waals surface area contributed by atoms with Crippen LogP contribution in [0.15, 0.2) is 41.5 Å². The highest BCUT2D eigenvalue weighted by Gasteiger charge is 2.40. The predicted molar refractivity (Wildman–Crippen MR) is 104 cm³/mol. The van der Waals surface area contributed by atoms with E-state index in [-0.39, 0.29) is 41.8 Å². The molecule has 1 aliphatic carbocycles. The number of hydrogen-bond acceptors (Lipinski definition) is 2. The highest BCUT2D eigenvalue weighted by Crippen LogP contribution is 2.41. The lowest BCUT2D eigenvalue weighted by Gasteiger charge is -2.11. The van der Waals surface area contributed by atoms with Gasteiger partial charge in [-0.05, 0) is 31.0 Å². The summed E-state index contributed by atoms with van der Waals surface area (Å²) < 4.78 is 15.6. The van der Waals surface area contributed by atoms with Crippen molar-refractivity contribution in [3.05, 3.63) is 53.6 Å². The van der Waals surface area contributed by atoms with E-state index < -0.39 is 0 Å². The molecule has 3 rings (SSSR count). The first-order chi connectivity index (χ1) is 11.2. The Kier molecular flexibility index (Phi) is 6.59. The molecular formula is C17H23FIN5. The van der Waals surface area contributed by atoms with Crippen LogP contribution in [0.3, 0.4) is 0 Å². The molecule has 0 radical (unpaired) electrons. The molecule has 1 aromatic carbocycles.